The van der Waals surface area contributed by atoms with E-state index in [1.165, 1.54) is 0 Å². The molecule has 0 radical (unpaired) electrons. The fourth-order valence-electron chi connectivity index (χ4n) is 2.81. The number of carbonyl (C=O) groups excluding carboxylic acids is 1. The van der Waals surface area contributed by atoms with E-state index in [0.29, 0.717) is 11.3 Å². The quantitative estimate of drug-likeness (QED) is 0.849. The van der Waals surface area contributed by atoms with Gasteiger partial charge < -0.3 is 10.6 Å². The van der Waals surface area contributed by atoms with Crippen molar-refractivity contribution in [1.82, 2.24) is 14.7 Å². The molecule has 0 saturated carbocycles. The van der Waals surface area contributed by atoms with Gasteiger partial charge in [-0.3, -0.25) is 9.48 Å². The Bertz CT molecular complexity index is 634. The molecule has 1 aliphatic rings. The van der Waals surface area contributed by atoms with Crippen molar-refractivity contribution in [3.63, 3.8) is 0 Å². The molecule has 0 bridgehead atoms. The van der Waals surface area contributed by atoms with Gasteiger partial charge in [-0.1, -0.05) is 6.07 Å². The zero-order valence-electron chi connectivity index (χ0n) is 11.5. The van der Waals surface area contributed by atoms with Crippen LogP contribution >= 0.6 is 0 Å². The van der Waals surface area contributed by atoms with E-state index in [1.807, 2.05) is 36.5 Å². The Kier molecular flexibility index (Phi) is 3.18. The minimum Gasteiger partial charge on any atom is -0.399 e. The molecule has 0 aliphatic carbocycles. The van der Waals surface area contributed by atoms with Crippen LogP contribution < -0.4 is 5.73 Å². The first-order valence-electron chi connectivity index (χ1n) is 6.80. The first kappa shape index (κ1) is 12.7. The third-order valence-corrected chi connectivity index (χ3v) is 3.76. The van der Waals surface area contributed by atoms with E-state index in [-0.39, 0.29) is 11.9 Å². The summed E-state index contributed by atoms with van der Waals surface area (Å²) < 4.78 is 1.77. The topological polar surface area (TPSA) is 64.2 Å². The summed E-state index contributed by atoms with van der Waals surface area (Å²) >= 11 is 0. The number of hydrogen-bond donors (Lipinski definition) is 1. The zero-order chi connectivity index (χ0) is 14.1. The van der Waals surface area contributed by atoms with Gasteiger partial charge in [0.05, 0.1) is 12.2 Å². The molecule has 1 unspecified atom stereocenters. The Balaban J connectivity index is 1.87. The third-order valence-electron chi connectivity index (χ3n) is 3.76. The maximum Gasteiger partial charge on any atom is 0.254 e. The third kappa shape index (κ3) is 2.27. The van der Waals surface area contributed by atoms with Gasteiger partial charge in [0.25, 0.3) is 5.91 Å². The first-order valence-corrected chi connectivity index (χ1v) is 6.80. The molecule has 2 aromatic rings. The summed E-state index contributed by atoms with van der Waals surface area (Å²) in [4.78, 5) is 14.6. The Morgan fingerprint density at radius 3 is 3.00 bits per heavy atom. The highest BCUT2D eigenvalue weighted by Gasteiger charge is 2.31. The number of carbonyl (C=O) groups is 1. The van der Waals surface area contributed by atoms with Gasteiger partial charge in [-0.25, -0.2) is 0 Å². The van der Waals surface area contributed by atoms with Gasteiger partial charge in [-0.15, -0.1) is 0 Å². The van der Waals surface area contributed by atoms with Crippen LogP contribution in [0.25, 0.3) is 0 Å². The highest BCUT2D eigenvalue weighted by molar-refractivity contribution is 5.95. The highest BCUT2D eigenvalue weighted by Crippen LogP contribution is 2.32. The van der Waals surface area contributed by atoms with E-state index in [0.717, 1.165) is 24.9 Å². The fourth-order valence-corrected chi connectivity index (χ4v) is 2.81. The van der Waals surface area contributed by atoms with Crippen LogP contribution in [-0.4, -0.2) is 27.1 Å². The van der Waals surface area contributed by atoms with Crippen LogP contribution in [0.1, 0.15) is 34.8 Å². The van der Waals surface area contributed by atoms with Crippen molar-refractivity contribution in [1.29, 1.82) is 0 Å². The average molecular weight is 270 g/mol. The smallest absolute Gasteiger partial charge is 0.254 e. The van der Waals surface area contributed by atoms with Crippen molar-refractivity contribution in [2.45, 2.75) is 18.9 Å². The number of amides is 1. The van der Waals surface area contributed by atoms with E-state index in [4.69, 9.17) is 5.73 Å². The zero-order valence-corrected chi connectivity index (χ0v) is 11.5. The molecule has 5 nitrogen and oxygen atoms in total. The number of anilines is 1. The first-order chi connectivity index (χ1) is 9.65. The second-order valence-corrected chi connectivity index (χ2v) is 5.23. The molecule has 1 atom stereocenters. The predicted molar refractivity (Wildman–Crippen MR) is 77.1 cm³/mol. The van der Waals surface area contributed by atoms with Crippen LogP contribution in [0.3, 0.4) is 0 Å². The molecule has 104 valence electrons. The predicted octanol–water partition coefficient (Wildman–Crippen LogP) is 1.98. The molecule has 1 fully saturated rings. The van der Waals surface area contributed by atoms with Gasteiger partial charge in [0.15, 0.2) is 0 Å². The number of hydrogen-bond acceptors (Lipinski definition) is 3. The molecule has 5 heteroatoms. The normalized spacial score (nSPS) is 18.4. The largest absolute Gasteiger partial charge is 0.399 e. The minimum atomic E-state index is 0.0450. The highest BCUT2D eigenvalue weighted by atomic mass is 16.2. The standard InChI is InChI=1S/C15H18N4O/c1-18-10-12(9-17-18)14-6-3-7-19(14)15(20)11-4-2-5-13(16)8-11/h2,4-5,8-10,14H,3,6-7,16H2,1H3. The molecule has 2 N–H and O–H groups in total. The lowest BCUT2D eigenvalue weighted by Gasteiger charge is -2.24. The molecular weight excluding hydrogens is 252 g/mol. The molecule has 1 saturated heterocycles. The van der Waals surface area contributed by atoms with Crippen molar-refractivity contribution in [2.24, 2.45) is 7.05 Å². The molecule has 1 aromatic heterocycles. The summed E-state index contributed by atoms with van der Waals surface area (Å²) in [6.45, 7) is 0.785. The number of rotatable bonds is 2. The van der Waals surface area contributed by atoms with Crippen LogP contribution in [0.15, 0.2) is 36.7 Å². The van der Waals surface area contributed by atoms with E-state index in [9.17, 15) is 4.79 Å². The van der Waals surface area contributed by atoms with E-state index in [1.54, 1.807) is 16.8 Å². The number of likely N-dealkylation sites (tertiary alicyclic amines) is 1. The molecule has 20 heavy (non-hydrogen) atoms. The second kappa shape index (κ2) is 5.00. The Labute approximate surface area is 118 Å². The second-order valence-electron chi connectivity index (χ2n) is 5.23. The number of benzene rings is 1. The summed E-state index contributed by atoms with van der Waals surface area (Å²) in [7, 11) is 1.89. The lowest BCUT2D eigenvalue weighted by Crippen LogP contribution is -2.30. The maximum absolute atomic E-state index is 12.6. The molecule has 3 rings (SSSR count). The van der Waals surface area contributed by atoms with Crippen molar-refractivity contribution < 1.29 is 4.79 Å². The Morgan fingerprint density at radius 2 is 2.30 bits per heavy atom. The van der Waals surface area contributed by atoms with Gasteiger partial charge >= 0.3 is 0 Å². The minimum absolute atomic E-state index is 0.0450. The molecule has 2 heterocycles. The van der Waals surface area contributed by atoms with Crippen molar-refractivity contribution in [3.8, 4) is 0 Å². The summed E-state index contributed by atoms with van der Waals surface area (Å²) in [5.74, 6) is 0.0450. The Morgan fingerprint density at radius 1 is 1.45 bits per heavy atom. The van der Waals surface area contributed by atoms with E-state index < -0.39 is 0 Å². The molecule has 0 spiro atoms. The SMILES string of the molecule is Cn1cc(C2CCCN2C(=O)c2cccc(N)c2)cn1. The van der Waals surface area contributed by atoms with Gasteiger partial charge in [0, 0.05) is 36.6 Å². The number of aryl methyl sites for hydroxylation is 1. The van der Waals surface area contributed by atoms with Gasteiger partial charge in [-0.05, 0) is 31.0 Å². The van der Waals surface area contributed by atoms with Crippen molar-refractivity contribution >= 4 is 11.6 Å². The average Bonchev–Trinajstić information content (AvgIpc) is 3.06. The molecule has 1 aromatic carbocycles. The summed E-state index contributed by atoms with van der Waals surface area (Å²) in [6.07, 6.45) is 5.83. The molecule has 1 amide bonds. The van der Waals surface area contributed by atoms with Gasteiger partial charge in [0.2, 0.25) is 0 Å². The van der Waals surface area contributed by atoms with Crippen molar-refractivity contribution in [2.75, 3.05) is 12.3 Å². The van der Waals surface area contributed by atoms with E-state index >= 15 is 0 Å². The van der Waals surface area contributed by atoms with Crippen LogP contribution in [0, 0.1) is 0 Å². The number of nitrogen functional groups attached to an aromatic ring is 1. The lowest BCUT2D eigenvalue weighted by atomic mass is 10.1. The monoisotopic (exact) mass is 270 g/mol. The Hall–Kier alpha value is -2.30. The molecule has 1 aliphatic heterocycles. The number of aromatic nitrogens is 2. The number of nitrogens with zero attached hydrogens (tertiary/aromatic N) is 3. The van der Waals surface area contributed by atoms with Gasteiger partial charge in [0.1, 0.15) is 0 Å². The summed E-state index contributed by atoms with van der Waals surface area (Å²) in [6, 6.07) is 7.28. The van der Waals surface area contributed by atoms with E-state index in [2.05, 4.69) is 5.10 Å². The van der Waals surface area contributed by atoms with Crippen LogP contribution in [-0.2, 0) is 7.05 Å². The maximum atomic E-state index is 12.6. The fraction of sp³-hybridized carbons (Fsp3) is 0.333. The van der Waals surface area contributed by atoms with Crippen molar-refractivity contribution in [3.05, 3.63) is 47.8 Å². The van der Waals surface area contributed by atoms with Gasteiger partial charge in [-0.2, -0.15) is 5.10 Å². The molecular formula is C15H18N4O. The van der Waals surface area contributed by atoms with Crippen LogP contribution in [0.4, 0.5) is 5.69 Å². The summed E-state index contributed by atoms with van der Waals surface area (Å²) in [5, 5.41) is 4.20. The lowest BCUT2D eigenvalue weighted by molar-refractivity contribution is 0.0735. The number of nitrogens with two attached hydrogens (primary N) is 1. The van der Waals surface area contributed by atoms with Crippen LogP contribution in [0.5, 0.6) is 0 Å². The summed E-state index contributed by atoms with van der Waals surface area (Å²) in [5.41, 5.74) is 8.13. The van der Waals surface area contributed by atoms with Crippen LogP contribution in [0.2, 0.25) is 0 Å².